The van der Waals surface area contributed by atoms with E-state index in [0.717, 1.165) is 38.5 Å². The Bertz CT molecular complexity index is 784. The van der Waals surface area contributed by atoms with Crippen molar-refractivity contribution in [1.82, 2.24) is 0 Å². The molecular formula is C29H42O3. The second-order valence-corrected chi connectivity index (χ2v) is 11.6. The molecule has 0 saturated carbocycles. The van der Waals surface area contributed by atoms with Crippen LogP contribution in [0.25, 0.3) is 0 Å². The quantitative estimate of drug-likeness (QED) is 0.449. The van der Waals surface area contributed by atoms with Gasteiger partial charge in [-0.2, -0.15) is 0 Å². The molecule has 0 aromatic rings. The summed E-state index contributed by atoms with van der Waals surface area (Å²) in [6.07, 6.45) is 12.5. The summed E-state index contributed by atoms with van der Waals surface area (Å²) in [5.74, 6) is 3.77. The average molecular weight is 439 g/mol. The highest BCUT2D eigenvalue weighted by atomic mass is 16.5. The van der Waals surface area contributed by atoms with Crippen LogP contribution in [0, 0.1) is 35.5 Å². The SMILES string of the molecule is CCC1C2OC(C3=C2CCC(C(=O)C2CCC4=C(C2)C2OC4C(CC)C2CC)C3)C1CC. The number of ether oxygens (including phenoxy) is 2. The Labute approximate surface area is 194 Å². The molecule has 2 fully saturated rings. The molecule has 0 N–H and O–H groups in total. The predicted molar refractivity (Wildman–Crippen MR) is 126 cm³/mol. The Kier molecular flexibility index (Phi) is 5.45. The number of carbonyl (C=O) groups excluding carboxylic acids is 1. The number of ketones is 1. The Morgan fingerprint density at radius 3 is 1.31 bits per heavy atom. The first-order valence-corrected chi connectivity index (χ1v) is 13.9. The van der Waals surface area contributed by atoms with Gasteiger partial charge in [0.25, 0.3) is 0 Å². The molecule has 3 heteroatoms. The summed E-state index contributed by atoms with van der Waals surface area (Å²) >= 11 is 0. The van der Waals surface area contributed by atoms with Crippen molar-refractivity contribution in [1.29, 1.82) is 0 Å². The summed E-state index contributed by atoms with van der Waals surface area (Å²) < 4.78 is 13.1. The van der Waals surface area contributed by atoms with Gasteiger partial charge in [0.2, 0.25) is 0 Å². The van der Waals surface area contributed by atoms with Crippen molar-refractivity contribution in [3.8, 4) is 0 Å². The molecule has 4 aliphatic heterocycles. The maximum Gasteiger partial charge on any atom is 0.139 e. The number of carbonyl (C=O) groups is 1. The summed E-state index contributed by atoms with van der Waals surface area (Å²) in [6.45, 7) is 9.29. The van der Waals surface area contributed by atoms with Gasteiger partial charge in [-0.1, -0.05) is 53.4 Å². The highest BCUT2D eigenvalue weighted by Crippen LogP contribution is 2.56. The molecule has 0 aromatic heterocycles. The van der Waals surface area contributed by atoms with Gasteiger partial charge in [0, 0.05) is 11.8 Å². The highest BCUT2D eigenvalue weighted by Gasteiger charge is 2.55. The summed E-state index contributed by atoms with van der Waals surface area (Å²) in [5, 5.41) is 0. The van der Waals surface area contributed by atoms with E-state index in [1.165, 1.54) is 25.7 Å². The summed E-state index contributed by atoms with van der Waals surface area (Å²) in [4.78, 5) is 13.8. The maximum atomic E-state index is 13.8. The molecule has 3 nitrogen and oxygen atoms in total. The molecule has 32 heavy (non-hydrogen) atoms. The van der Waals surface area contributed by atoms with Crippen molar-refractivity contribution >= 4 is 5.78 Å². The van der Waals surface area contributed by atoms with Gasteiger partial charge >= 0.3 is 0 Å². The minimum atomic E-state index is 0.228. The fourth-order valence-electron chi connectivity index (χ4n) is 9.09. The Hall–Kier alpha value is -0.930. The zero-order valence-electron chi connectivity index (χ0n) is 20.6. The average Bonchev–Trinajstić information content (AvgIpc) is 3.59. The van der Waals surface area contributed by atoms with E-state index < -0.39 is 0 Å². The standard InChI is InChI=1S/C29H42O3/c1-5-17-19(7-3)28-23-13-15(9-11-21(23)26(17)31-28)25(30)16-10-12-22-24(14-16)29-20(8-4)18(6-2)27(22)32-29/h15-20,26-29H,5-14H2,1-4H3. The molecule has 0 aromatic carbocycles. The van der Waals surface area contributed by atoms with Crippen molar-refractivity contribution in [2.45, 2.75) is 116 Å². The fourth-order valence-corrected chi connectivity index (χ4v) is 9.09. The largest absolute Gasteiger partial charge is 0.366 e. The number of fused-ring (bicyclic) bond motifs is 8. The lowest BCUT2D eigenvalue weighted by atomic mass is 9.64. The minimum Gasteiger partial charge on any atom is -0.366 e. The Morgan fingerprint density at radius 1 is 0.625 bits per heavy atom. The number of hydrogen-bond donors (Lipinski definition) is 0. The fraction of sp³-hybridized carbons (Fsp3) is 0.828. The van der Waals surface area contributed by atoms with Crippen LogP contribution in [0.15, 0.2) is 22.3 Å². The molecular weight excluding hydrogens is 396 g/mol. The van der Waals surface area contributed by atoms with Gasteiger partial charge in [-0.25, -0.2) is 0 Å². The lowest BCUT2D eigenvalue weighted by Gasteiger charge is -2.37. The van der Waals surface area contributed by atoms with Gasteiger partial charge in [0.15, 0.2) is 0 Å². The molecule has 6 rings (SSSR count). The van der Waals surface area contributed by atoms with E-state index >= 15 is 0 Å². The normalized spacial score (nSPS) is 46.8. The highest BCUT2D eigenvalue weighted by molar-refractivity contribution is 5.84. The van der Waals surface area contributed by atoms with Crippen LogP contribution in [-0.4, -0.2) is 30.2 Å². The molecule has 10 atom stereocenters. The van der Waals surface area contributed by atoms with Crippen LogP contribution in [0.1, 0.15) is 91.9 Å². The van der Waals surface area contributed by atoms with Crippen LogP contribution in [0.2, 0.25) is 0 Å². The lowest BCUT2D eigenvalue weighted by Crippen LogP contribution is -2.36. The van der Waals surface area contributed by atoms with Gasteiger partial charge in [-0.05, 0) is 84.5 Å². The predicted octanol–water partition coefficient (Wildman–Crippen LogP) is 6.42. The lowest BCUT2D eigenvalue weighted by molar-refractivity contribution is -0.127. The van der Waals surface area contributed by atoms with Gasteiger partial charge in [-0.3, -0.25) is 4.79 Å². The van der Waals surface area contributed by atoms with Crippen LogP contribution in [-0.2, 0) is 14.3 Å². The van der Waals surface area contributed by atoms with Crippen molar-refractivity contribution < 1.29 is 14.3 Å². The first kappa shape index (κ1) is 21.6. The van der Waals surface area contributed by atoms with Gasteiger partial charge in [0.05, 0.1) is 24.4 Å². The molecule has 2 saturated heterocycles. The monoisotopic (exact) mass is 438 g/mol. The minimum absolute atomic E-state index is 0.228. The van der Waals surface area contributed by atoms with Crippen LogP contribution < -0.4 is 0 Å². The van der Waals surface area contributed by atoms with Crippen LogP contribution in [0.4, 0.5) is 0 Å². The van der Waals surface area contributed by atoms with E-state index in [1.807, 2.05) is 0 Å². The molecule has 0 spiro atoms. The van der Waals surface area contributed by atoms with Crippen molar-refractivity contribution in [2.24, 2.45) is 35.5 Å². The molecule has 0 amide bonds. The number of Topliss-reactive ketones (excluding diaryl/α,β-unsaturated/α-hetero) is 1. The maximum absolute atomic E-state index is 13.8. The van der Waals surface area contributed by atoms with Crippen LogP contribution in [0.5, 0.6) is 0 Å². The summed E-state index contributed by atoms with van der Waals surface area (Å²) in [6, 6.07) is 0. The molecule has 4 bridgehead atoms. The Balaban J connectivity index is 1.17. The molecule has 2 aliphatic carbocycles. The van der Waals surface area contributed by atoms with Gasteiger partial charge < -0.3 is 9.47 Å². The van der Waals surface area contributed by atoms with Gasteiger partial charge in [0.1, 0.15) is 5.78 Å². The third-order valence-corrected chi connectivity index (χ3v) is 10.6. The molecule has 6 aliphatic rings. The first-order chi connectivity index (χ1) is 15.6. The van der Waals surface area contributed by atoms with E-state index in [9.17, 15) is 4.79 Å². The third kappa shape index (κ3) is 2.89. The van der Waals surface area contributed by atoms with E-state index in [-0.39, 0.29) is 11.8 Å². The number of rotatable bonds is 6. The van der Waals surface area contributed by atoms with E-state index in [2.05, 4.69) is 27.7 Å². The summed E-state index contributed by atoms with van der Waals surface area (Å²) in [7, 11) is 0. The second kappa shape index (κ2) is 8.08. The molecule has 0 radical (unpaired) electrons. The van der Waals surface area contributed by atoms with Gasteiger partial charge in [-0.15, -0.1) is 0 Å². The molecule has 4 heterocycles. The molecule has 176 valence electrons. The van der Waals surface area contributed by atoms with Crippen molar-refractivity contribution in [3.63, 3.8) is 0 Å². The number of hydrogen-bond acceptors (Lipinski definition) is 3. The topological polar surface area (TPSA) is 35.5 Å². The smallest absolute Gasteiger partial charge is 0.139 e. The Morgan fingerprint density at radius 2 is 0.969 bits per heavy atom. The summed E-state index contributed by atoms with van der Waals surface area (Å²) in [5.41, 5.74) is 6.29. The van der Waals surface area contributed by atoms with Crippen molar-refractivity contribution in [2.75, 3.05) is 0 Å². The van der Waals surface area contributed by atoms with E-state index in [0.29, 0.717) is 53.9 Å². The second-order valence-electron chi connectivity index (χ2n) is 11.6. The first-order valence-electron chi connectivity index (χ1n) is 13.9. The zero-order chi connectivity index (χ0) is 22.1. The van der Waals surface area contributed by atoms with E-state index in [4.69, 9.17) is 9.47 Å². The van der Waals surface area contributed by atoms with Crippen LogP contribution >= 0.6 is 0 Å². The third-order valence-electron chi connectivity index (χ3n) is 10.6. The molecule has 10 unspecified atom stereocenters. The van der Waals surface area contributed by atoms with Crippen LogP contribution in [0.3, 0.4) is 0 Å². The van der Waals surface area contributed by atoms with E-state index in [1.54, 1.807) is 22.3 Å². The zero-order valence-corrected chi connectivity index (χ0v) is 20.6. The van der Waals surface area contributed by atoms with Crippen molar-refractivity contribution in [3.05, 3.63) is 22.3 Å².